The third kappa shape index (κ3) is 6.31. The van der Waals surface area contributed by atoms with Gasteiger partial charge in [0.15, 0.2) is 0 Å². The van der Waals surface area contributed by atoms with E-state index in [1.165, 1.54) is 18.2 Å². The van der Waals surface area contributed by atoms with Crippen LogP contribution in [-0.4, -0.2) is 50.8 Å². The highest BCUT2D eigenvalue weighted by Crippen LogP contribution is 2.25. The third-order valence-electron chi connectivity index (χ3n) is 4.78. The van der Waals surface area contributed by atoms with Crippen LogP contribution in [0.5, 0.6) is 5.75 Å². The molecule has 3 rings (SSSR count). The minimum atomic E-state index is -3.64. The van der Waals surface area contributed by atoms with E-state index in [2.05, 4.69) is 9.62 Å². The van der Waals surface area contributed by atoms with Crippen molar-refractivity contribution in [2.24, 2.45) is 0 Å². The molecular weight excluding hydrogens is 435 g/mol. The Morgan fingerprint density at radius 2 is 1.86 bits per heavy atom. The van der Waals surface area contributed by atoms with Crippen molar-refractivity contribution >= 4 is 33.2 Å². The summed E-state index contributed by atoms with van der Waals surface area (Å²) >= 11 is 11.8. The van der Waals surface area contributed by atoms with Crippen molar-refractivity contribution in [3.63, 3.8) is 0 Å². The van der Waals surface area contributed by atoms with Gasteiger partial charge < -0.3 is 9.84 Å². The molecule has 1 aliphatic rings. The second kappa shape index (κ2) is 10.1. The summed E-state index contributed by atoms with van der Waals surface area (Å²) in [5.41, 5.74) is 1.12. The van der Waals surface area contributed by atoms with Crippen molar-refractivity contribution in [2.45, 2.75) is 30.3 Å². The summed E-state index contributed by atoms with van der Waals surface area (Å²) in [4.78, 5) is 2.41. The Morgan fingerprint density at radius 1 is 1.10 bits per heavy atom. The molecule has 0 atom stereocenters. The van der Waals surface area contributed by atoms with Gasteiger partial charge in [0.25, 0.3) is 0 Å². The first-order valence-electron chi connectivity index (χ1n) is 9.40. The number of halogens is 2. The predicted octanol–water partition coefficient (Wildman–Crippen LogP) is 3.31. The average molecular weight is 459 g/mol. The zero-order chi connectivity index (χ0) is 20.9. The van der Waals surface area contributed by atoms with Crippen molar-refractivity contribution in [1.29, 1.82) is 0 Å². The van der Waals surface area contributed by atoms with Gasteiger partial charge in [-0.15, -0.1) is 0 Å². The molecule has 0 aliphatic carbocycles. The van der Waals surface area contributed by atoms with Crippen LogP contribution in [0.25, 0.3) is 0 Å². The molecule has 0 radical (unpaired) electrons. The molecule has 0 aromatic heterocycles. The number of aliphatic hydroxyl groups excluding tert-OH is 1. The molecule has 1 heterocycles. The maximum Gasteiger partial charge on any atom is 0.240 e. The van der Waals surface area contributed by atoms with E-state index in [0.717, 1.165) is 43.8 Å². The van der Waals surface area contributed by atoms with Crippen molar-refractivity contribution < 1.29 is 18.3 Å². The molecule has 0 bridgehead atoms. The van der Waals surface area contributed by atoms with E-state index in [1.54, 1.807) is 0 Å². The lowest BCUT2D eigenvalue weighted by atomic mass is 10.1. The average Bonchev–Trinajstić information content (AvgIpc) is 2.70. The number of aliphatic hydroxyl groups is 1. The van der Waals surface area contributed by atoms with Crippen molar-refractivity contribution in [2.75, 3.05) is 26.3 Å². The SMILES string of the molecule is O=S(=O)(NC1CCN(Cc2cccc(OCCO)c2)CC1)c1ccc(Cl)c(Cl)c1. The normalized spacial score (nSPS) is 16.1. The minimum absolute atomic E-state index is 0.0180. The number of nitrogens with one attached hydrogen (secondary N) is 1. The zero-order valence-electron chi connectivity index (χ0n) is 15.9. The smallest absolute Gasteiger partial charge is 0.240 e. The Morgan fingerprint density at radius 3 is 2.55 bits per heavy atom. The lowest BCUT2D eigenvalue weighted by molar-refractivity contribution is 0.196. The first-order valence-corrected chi connectivity index (χ1v) is 11.6. The Kier molecular flexibility index (Phi) is 7.79. The highest BCUT2D eigenvalue weighted by Gasteiger charge is 2.25. The van der Waals surface area contributed by atoms with Gasteiger partial charge in [-0.25, -0.2) is 13.1 Å². The van der Waals surface area contributed by atoms with E-state index in [1.807, 2.05) is 24.3 Å². The van der Waals surface area contributed by atoms with Gasteiger partial charge in [0.1, 0.15) is 12.4 Å². The van der Waals surface area contributed by atoms with Gasteiger partial charge in [-0.05, 0) is 48.7 Å². The summed E-state index contributed by atoms with van der Waals surface area (Å²) in [6.45, 7) is 2.60. The first kappa shape index (κ1) is 22.3. The Labute approximate surface area is 181 Å². The van der Waals surface area contributed by atoms with Crippen LogP contribution < -0.4 is 9.46 Å². The lowest BCUT2D eigenvalue weighted by Crippen LogP contribution is -2.44. The molecule has 1 fully saturated rings. The molecule has 1 aliphatic heterocycles. The summed E-state index contributed by atoms with van der Waals surface area (Å²) in [5.74, 6) is 0.737. The van der Waals surface area contributed by atoms with Crippen LogP contribution in [0, 0.1) is 0 Å². The van der Waals surface area contributed by atoms with E-state index in [9.17, 15) is 8.42 Å². The van der Waals surface area contributed by atoms with Crippen LogP contribution in [0.4, 0.5) is 0 Å². The van der Waals surface area contributed by atoms with Crippen molar-refractivity contribution in [3.8, 4) is 5.75 Å². The van der Waals surface area contributed by atoms with E-state index < -0.39 is 10.0 Å². The van der Waals surface area contributed by atoms with Crippen LogP contribution in [-0.2, 0) is 16.6 Å². The topological polar surface area (TPSA) is 78.9 Å². The van der Waals surface area contributed by atoms with Gasteiger partial charge in [0, 0.05) is 25.7 Å². The van der Waals surface area contributed by atoms with Crippen molar-refractivity contribution in [3.05, 3.63) is 58.1 Å². The number of hydrogen-bond acceptors (Lipinski definition) is 5. The Hall–Kier alpha value is -1.35. The lowest BCUT2D eigenvalue weighted by Gasteiger charge is -2.32. The van der Waals surface area contributed by atoms with Gasteiger partial charge >= 0.3 is 0 Å². The van der Waals surface area contributed by atoms with Crippen LogP contribution in [0.1, 0.15) is 18.4 Å². The van der Waals surface area contributed by atoms with E-state index in [0.29, 0.717) is 5.02 Å². The number of sulfonamides is 1. The quantitative estimate of drug-likeness (QED) is 0.634. The maximum absolute atomic E-state index is 12.6. The number of piperidine rings is 1. The fraction of sp³-hybridized carbons (Fsp3) is 0.400. The molecule has 2 N–H and O–H groups in total. The largest absolute Gasteiger partial charge is 0.491 e. The number of ether oxygens (including phenoxy) is 1. The molecule has 0 spiro atoms. The molecule has 1 saturated heterocycles. The second-order valence-electron chi connectivity index (χ2n) is 6.97. The molecule has 29 heavy (non-hydrogen) atoms. The van der Waals surface area contributed by atoms with Crippen LogP contribution in [0.3, 0.4) is 0 Å². The number of hydrogen-bond donors (Lipinski definition) is 2. The maximum atomic E-state index is 12.6. The Balaban J connectivity index is 1.53. The molecule has 0 amide bonds. The van der Waals surface area contributed by atoms with Gasteiger partial charge in [0.2, 0.25) is 10.0 Å². The molecule has 2 aromatic rings. The van der Waals surface area contributed by atoms with E-state index in [4.69, 9.17) is 33.0 Å². The monoisotopic (exact) mass is 458 g/mol. The minimum Gasteiger partial charge on any atom is -0.491 e. The second-order valence-corrected chi connectivity index (χ2v) is 9.50. The third-order valence-corrected chi connectivity index (χ3v) is 7.03. The molecule has 158 valence electrons. The summed E-state index contributed by atoms with van der Waals surface area (Å²) in [7, 11) is -3.64. The van der Waals surface area contributed by atoms with Crippen LogP contribution in [0.15, 0.2) is 47.4 Å². The predicted molar refractivity (Wildman–Crippen MR) is 114 cm³/mol. The number of likely N-dealkylation sites (tertiary alicyclic amines) is 1. The summed E-state index contributed by atoms with van der Waals surface area (Å²) in [6, 6.07) is 12.0. The first-order chi connectivity index (χ1) is 13.9. The van der Waals surface area contributed by atoms with Gasteiger partial charge in [-0.2, -0.15) is 0 Å². The molecule has 0 unspecified atom stereocenters. The molecule has 6 nitrogen and oxygen atoms in total. The molecule has 9 heteroatoms. The fourth-order valence-corrected chi connectivity index (χ4v) is 4.99. The summed E-state index contributed by atoms with van der Waals surface area (Å²) in [5, 5.41) is 9.41. The Bertz CT molecular complexity index is 932. The van der Waals surface area contributed by atoms with E-state index >= 15 is 0 Å². The van der Waals surface area contributed by atoms with Crippen molar-refractivity contribution in [1.82, 2.24) is 9.62 Å². The number of benzene rings is 2. The molecule has 2 aromatic carbocycles. The summed E-state index contributed by atoms with van der Waals surface area (Å²) in [6.07, 6.45) is 1.45. The highest BCUT2D eigenvalue weighted by atomic mass is 35.5. The number of rotatable bonds is 8. The van der Waals surface area contributed by atoms with Gasteiger partial charge in [-0.1, -0.05) is 35.3 Å². The van der Waals surface area contributed by atoms with E-state index in [-0.39, 0.29) is 29.2 Å². The van der Waals surface area contributed by atoms with Gasteiger partial charge in [-0.3, -0.25) is 4.90 Å². The van der Waals surface area contributed by atoms with Crippen LogP contribution >= 0.6 is 23.2 Å². The highest BCUT2D eigenvalue weighted by molar-refractivity contribution is 7.89. The molecule has 0 saturated carbocycles. The number of nitrogens with zero attached hydrogens (tertiary/aromatic N) is 1. The molecular formula is C20H24Cl2N2O4S. The standard InChI is InChI=1S/C20H24Cl2N2O4S/c21-19-5-4-18(13-20(19)22)29(26,27)23-16-6-8-24(9-7-16)14-15-2-1-3-17(12-15)28-11-10-25/h1-5,12-13,16,23,25H,6-11,14H2. The van der Waals surface area contributed by atoms with Crippen LogP contribution in [0.2, 0.25) is 10.0 Å². The summed E-state index contributed by atoms with van der Waals surface area (Å²) < 4.78 is 33.4. The fourth-order valence-electron chi connectivity index (χ4n) is 3.30. The van der Waals surface area contributed by atoms with Gasteiger partial charge in [0.05, 0.1) is 21.5 Å². The zero-order valence-corrected chi connectivity index (χ0v) is 18.2.